The molecule has 0 aliphatic carbocycles. The molecule has 0 fully saturated rings. The minimum atomic E-state index is -1.95. The summed E-state index contributed by atoms with van der Waals surface area (Å²) in [5.41, 5.74) is 0.0610. The minimum Gasteiger partial charge on any atom is -0.423 e. The van der Waals surface area contributed by atoms with Gasteiger partial charge in [-0.3, -0.25) is 0 Å². The van der Waals surface area contributed by atoms with Crippen molar-refractivity contribution in [2.45, 2.75) is 6.92 Å². The Balaban J connectivity index is 3.44. The summed E-state index contributed by atoms with van der Waals surface area (Å²) in [6, 6.07) is 1.10. The zero-order valence-electron chi connectivity index (χ0n) is 6.68. The molecule has 0 heterocycles. The van der Waals surface area contributed by atoms with Crippen LogP contribution in [0, 0.1) is 12.7 Å². The van der Waals surface area contributed by atoms with Crippen LogP contribution >= 0.6 is 23.2 Å². The van der Waals surface area contributed by atoms with E-state index >= 15 is 0 Å². The molecule has 6 heteroatoms. The number of benzene rings is 1. The largest absolute Gasteiger partial charge is 0.493 e. The van der Waals surface area contributed by atoms with E-state index in [9.17, 15) is 4.39 Å². The van der Waals surface area contributed by atoms with Gasteiger partial charge in [0.25, 0.3) is 0 Å². The fraction of sp³-hybridized carbons (Fsp3) is 0.143. The van der Waals surface area contributed by atoms with Crippen LogP contribution in [0.3, 0.4) is 0 Å². The van der Waals surface area contributed by atoms with Gasteiger partial charge < -0.3 is 10.0 Å². The summed E-state index contributed by atoms with van der Waals surface area (Å²) in [6.07, 6.45) is 0. The maximum absolute atomic E-state index is 13.1. The van der Waals surface area contributed by atoms with Crippen LogP contribution in [0.5, 0.6) is 0 Å². The lowest BCUT2D eigenvalue weighted by atomic mass is 9.79. The molecule has 0 aromatic heterocycles. The first-order valence-corrected chi connectivity index (χ1v) is 4.21. The Morgan fingerprint density at radius 3 is 2.31 bits per heavy atom. The predicted molar refractivity (Wildman–Crippen MR) is 51.0 cm³/mol. The second kappa shape index (κ2) is 3.84. The van der Waals surface area contributed by atoms with E-state index in [1.54, 1.807) is 6.92 Å². The molecule has 0 bridgehead atoms. The normalized spacial score (nSPS) is 10.3. The molecule has 0 spiro atoms. The second-order valence-corrected chi connectivity index (χ2v) is 3.35. The molecule has 0 atom stereocenters. The molecule has 1 aromatic carbocycles. The number of rotatable bonds is 1. The molecule has 0 aliphatic heterocycles. The SMILES string of the molecule is Cc1cc(F)c(B(O)O)c(Cl)c1Cl. The van der Waals surface area contributed by atoms with Crippen molar-refractivity contribution in [1.82, 2.24) is 0 Å². The van der Waals surface area contributed by atoms with Gasteiger partial charge in [-0.05, 0) is 18.6 Å². The fourth-order valence-corrected chi connectivity index (χ4v) is 1.46. The van der Waals surface area contributed by atoms with Crippen molar-refractivity contribution < 1.29 is 14.4 Å². The Bertz CT molecular complexity index is 344. The topological polar surface area (TPSA) is 40.5 Å². The van der Waals surface area contributed by atoms with Crippen molar-refractivity contribution in [3.63, 3.8) is 0 Å². The quantitative estimate of drug-likeness (QED) is 0.553. The molecule has 70 valence electrons. The highest BCUT2D eigenvalue weighted by Gasteiger charge is 2.23. The Kier molecular flexibility index (Phi) is 3.19. The first-order chi connectivity index (χ1) is 5.95. The second-order valence-electron chi connectivity index (χ2n) is 2.59. The number of hydrogen-bond donors (Lipinski definition) is 2. The summed E-state index contributed by atoms with van der Waals surface area (Å²) in [6.45, 7) is 1.57. The Morgan fingerprint density at radius 1 is 1.31 bits per heavy atom. The molecule has 2 N–H and O–H groups in total. The molecule has 2 nitrogen and oxygen atoms in total. The van der Waals surface area contributed by atoms with Crippen LogP contribution in [0.2, 0.25) is 10.0 Å². The van der Waals surface area contributed by atoms with Crippen LogP contribution < -0.4 is 5.46 Å². The van der Waals surface area contributed by atoms with Gasteiger partial charge in [-0.1, -0.05) is 23.2 Å². The van der Waals surface area contributed by atoms with E-state index in [1.807, 2.05) is 0 Å². The Morgan fingerprint density at radius 2 is 1.85 bits per heavy atom. The van der Waals surface area contributed by atoms with Crippen molar-refractivity contribution in [1.29, 1.82) is 0 Å². The highest BCUT2D eigenvalue weighted by atomic mass is 35.5. The van der Waals surface area contributed by atoms with E-state index in [-0.39, 0.29) is 10.0 Å². The summed E-state index contributed by atoms with van der Waals surface area (Å²) in [5.74, 6) is -0.776. The third kappa shape index (κ3) is 1.97. The fourth-order valence-electron chi connectivity index (χ4n) is 0.964. The molecule has 0 aliphatic rings. The number of aryl methyl sites for hydroxylation is 1. The van der Waals surface area contributed by atoms with Gasteiger partial charge >= 0.3 is 7.12 Å². The standard InChI is InChI=1S/C7H6BCl2FO2/c1-3-2-4(11)5(8(12)13)7(10)6(3)9/h2,12-13H,1H3. The van der Waals surface area contributed by atoms with Gasteiger partial charge in [-0.25, -0.2) is 4.39 Å². The maximum Gasteiger partial charge on any atom is 0.493 e. The molecule has 0 unspecified atom stereocenters. The molecule has 0 amide bonds. The average molecular weight is 223 g/mol. The summed E-state index contributed by atoms with van der Waals surface area (Å²) in [5, 5.41) is 17.5. The van der Waals surface area contributed by atoms with Gasteiger partial charge in [0.15, 0.2) is 0 Å². The van der Waals surface area contributed by atoms with Gasteiger partial charge in [0.1, 0.15) is 5.82 Å². The third-order valence-corrected chi connectivity index (χ3v) is 2.61. The van der Waals surface area contributed by atoms with Gasteiger partial charge in [-0.15, -0.1) is 0 Å². The van der Waals surface area contributed by atoms with Gasteiger partial charge in [-0.2, -0.15) is 0 Å². The van der Waals surface area contributed by atoms with Crippen LogP contribution in [-0.4, -0.2) is 17.2 Å². The summed E-state index contributed by atoms with van der Waals surface area (Å²) in [4.78, 5) is 0. The highest BCUT2D eigenvalue weighted by Crippen LogP contribution is 2.24. The van der Waals surface area contributed by atoms with Crippen LogP contribution in [-0.2, 0) is 0 Å². The monoisotopic (exact) mass is 222 g/mol. The van der Waals surface area contributed by atoms with Crippen molar-refractivity contribution in [3.05, 3.63) is 27.5 Å². The van der Waals surface area contributed by atoms with E-state index < -0.39 is 18.4 Å². The maximum atomic E-state index is 13.1. The van der Waals surface area contributed by atoms with Crippen molar-refractivity contribution in [2.75, 3.05) is 0 Å². The molecule has 0 saturated carbocycles. The predicted octanol–water partition coefficient (Wildman–Crippen LogP) is 1.12. The number of hydrogen-bond acceptors (Lipinski definition) is 2. The highest BCUT2D eigenvalue weighted by molar-refractivity contribution is 6.64. The van der Waals surface area contributed by atoms with Crippen molar-refractivity contribution >= 4 is 35.8 Å². The smallest absolute Gasteiger partial charge is 0.423 e. The lowest BCUT2D eigenvalue weighted by Crippen LogP contribution is -2.34. The Labute approximate surface area is 85.0 Å². The lowest BCUT2D eigenvalue weighted by molar-refractivity contribution is 0.423. The number of halogens is 3. The van der Waals surface area contributed by atoms with Crippen LogP contribution in [0.15, 0.2) is 6.07 Å². The van der Waals surface area contributed by atoms with E-state index in [2.05, 4.69) is 0 Å². The Hall–Kier alpha value is -0.285. The van der Waals surface area contributed by atoms with Gasteiger partial charge in [0, 0.05) is 5.46 Å². The first-order valence-electron chi connectivity index (χ1n) is 3.45. The van der Waals surface area contributed by atoms with Gasteiger partial charge in [0.05, 0.1) is 10.0 Å². The summed E-state index contributed by atoms with van der Waals surface area (Å²) >= 11 is 11.3. The van der Waals surface area contributed by atoms with Crippen LogP contribution in [0.25, 0.3) is 0 Å². The summed E-state index contributed by atoms with van der Waals surface area (Å²) < 4.78 is 13.1. The zero-order chi connectivity index (χ0) is 10.2. The zero-order valence-corrected chi connectivity index (χ0v) is 8.19. The molecular formula is C7H6BCl2FO2. The minimum absolute atomic E-state index is 0.131. The van der Waals surface area contributed by atoms with E-state index in [4.69, 9.17) is 33.2 Å². The van der Waals surface area contributed by atoms with Gasteiger partial charge in [0.2, 0.25) is 0 Å². The molecule has 1 aromatic rings. The third-order valence-electron chi connectivity index (χ3n) is 1.63. The molecule has 1 rings (SSSR count). The van der Waals surface area contributed by atoms with Crippen molar-refractivity contribution in [3.8, 4) is 0 Å². The van der Waals surface area contributed by atoms with E-state index in [0.717, 1.165) is 6.07 Å². The van der Waals surface area contributed by atoms with Crippen LogP contribution in [0.1, 0.15) is 5.56 Å². The molecule has 13 heavy (non-hydrogen) atoms. The first kappa shape index (κ1) is 10.8. The molecular weight excluding hydrogens is 217 g/mol. The van der Waals surface area contributed by atoms with Crippen molar-refractivity contribution in [2.24, 2.45) is 0 Å². The molecule has 0 saturated heterocycles. The lowest BCUT2D eigenvalue weighted by Gasteiger charge is -2.08. The van der Waals surface area contributed by atoms with E-state index in [0.29, 0.717) is 5.56 Å². The molecule has 0 radical (unpaired) electrons. The van der Waals surface area contributed by atoms with Crippen LogP contribution in [0.4, 0.5) is 4.39 Å². The van der Waals surface area contributed by atoms with E-state index in [1.165, 1.54) is 0 Å². The summed E-state index contributed by atoms with van der Waals surface area (Å²) in [7, 11) is -1.95. The average Bonchev–Trinajstić information content (AvgIpc) is 1.99.